The average Bonchev–Trinajstić information content (AvgIpc) is 2.92. The van der Waals surface area contributed by atoms with Crippen LogP contribution in [0.15, 0.2) is 35.3 Å². The molecule has 1 aromatic heterocycles. The van der Waals surface area contributed by atoms with E-state index in [2.05, 4.69) is 15.4 Å². The van der Waals surface area contributed by atoms with Crippen molar-refractivity contribution < 1.29 is 9.59 Å². The van der Waals surface area contributed by atoms with Gasteiger partial charge in [-0.2, -0.15) is 5.10 Å². The minimum atomic E-state index is -0.349. The molecular formula is C17H20N6O2. The maximum Gasteiger partial charge on any atom is 0.276 e. The molecule has 0 fully saturated rings. The van der Waals surface area contributed by atoms with Gasteiger partial charge in [-0.05, 0) is 30.7 Å². The SMILES string of the molecule is Cc1cc(C(=O)Nc2cccc(C3CC(=O)N(C)C(N)=N3)c2)nn1C. The highest BCUT2D eigenvalue weighted by atomic mass is 16.2. The van der Waals surface area contributed by atoms with Crippen LogP contribution in [-0.4, -0.2) is 39.5 Å². The molecule has 25 heavy (non-hydrogen) atoms. The third kappa shape index (κ3) is 3.37. The molecule has 0 spiro atoms. The van der Waals surface area contributed by atoms with Gasteiger partial charge in [0, 0.05) is 25.5 Å². The Balaban J connectivity index is 1.80. The van der Waals surface area contributed by atoms with Gasteiger partial charge in [0.1, 0.15) is 0 Å². The molecule has 0 saturated heterocycles. The molecule has 3 rings (SSSR count). The molecule has 1 aromatic carbocycles. The monoisotopic (exact) mass is 340 g/mol. The maximum atomic E-state index is 12.3. The highest BCUT2D eigenvalue weighted by Crippen LogP contribution is 2.27. The standard InChI is InChI=1S/C17H20N6O2/c1-10-7-14(21-23(10)3)16(25)19-12-6-4-5-11(8-12)13-9-15(24)22(2)17(18)20-13/h4-8,13H,9H2,1-3H3,(H2,18,20)(H,19,25). The molecule has 2 heterocycles. The number of hydrogen-bond acceptors (Lipinski definition) is 5. The molecule has 3 N–H and O–H groups in total. The van der Waals surface area contributed by atoms with Gasteiger partial charge in [0.15, 0.2) is 11.7 Å². The van der Waals surface area contributed by atoms with Crippen LogP contribution in [0.25, 0.3) is 0 Å². The first-order valence-corrected chi connectivity index (χ1v) is 7.87. The van der Waals surface area contributed by atoms with E-state index in [1.807, 2.05) is 19.1 Å². The molecule has 8 heteroatoms. The van der Waals surface area contributed by atoms with E-state index in [1.54, 1.807) is 37.0 Å². The summed E-state index contributed by atoms with van der Waals surface area (Å²) in [6.07, 6.45) is 0.244. The van der Waals surface area contributed by atoms with E-state index in [-0.39, 0.29) is 30.2 Å². The topological polar surface area (TPSA) is 106 Å². The second-order valence-electron chi connectivity index (χ2n) is 6.03. The van der Waals surface area contributed by atoms with Gasteiger partial charge in [-0.15, -0.1) is 0 Å². The third-order valence-electron chi connectivity index (χ3n) is 4.25. The Morgan fingerprint density at radius 2 is 2.08 bits per heavy atom. The zero-order valence-electron chi connectivity index (χ0n) is 14.4. The molecule has 2 aromatic rings. The highest BCUT2D eigenvalue weighted by Gasteiger charge is 2.25. The van der Waals surface area contributed by atoms with Crippen LogP contribution < -0.4 is 11.1 Å². The normalized spacial score (nSPS) is 17.4. The first-order chi connectivity index (χ1) is 11.8. The van der Waals surface area contributed by atoms with Gasteiger partial charge in [0.25, 0.3) is 5.91 Å². The number of aliphatic imine (C=N–C) groups is 1. The summed E-state index contributed by atoms with van der Waals surface area (Å²) in [4.78, 5) is 30.0. The molecule has 1 atom stereocenters. The Hall–Kier alpha value is -3.16. The lowest BCUT2D eigenvalue weighted by molar-refractivity contribution is -0.127. The molecule has 1 unspecified atom stereocenters. The van der Waals surface area contributed by atoms with Gasteiger partial charge in [-0.1, -0.05) is 12.1 Å². The van der Waals surface area contributed by atoms with Gasteiger partial charge in [-0.3, -0.25) is 19.2 Å². The zero-order valence-corrected chi connectivity index (χ0v) is 14.4. The third-order valence-corrected chi connectivity index (χ3v) is 4.25. The van der Waals surface area contributed by atoms with Crippen molar-refractivity contribution in [1.29, 1.82) is 0 Å². The number of rotatable bonds is 3. The summed E-state index contributed by atoms with van der Waals surface area (Å²) in [5.41, 5.74) is 8.46. The lowest BCUT2D eigenvalue weighted by atomic mass is 10.0. The fourth-order valence-corrected chi connectivity index (χ4v) is 2.60. The maximum absolute atomic E-state index is 12.3. The Morgan fingerprint density at radius 1 is 1.32 bits per heavy atom. The molecular weight excluding hydrogens is 320 g/mol. The van der Waals surface area contributed by atoms with Crippen LogP contribution in [0.1, 0.15) is 34.2 Å². The van der Waals surface area contributed by atoms with Crippen LogP contribution in [0.3, 0.4) is 0 Å². The minimum absolute atomic E-state index is 0.0871. The predicted octanol–water partition coefficient (Wildman–Crippen LogP) is 1.20. The number of nitrogens with zero attached hydrogens (tertiary/aromatic N) is 4. The molecule has 8 nitrogen and oxygen atoms in total. The first kappa shape index (κ1) is 16.7. The molecule has 0 aliphatic carbocycles. The van der Waals surface area contributed by atoms with Crippen molar-refractivity contribution in [2.45, 2.75) is 19.4 Å². The van der Waals surface area contributed by atoms with Gasteiger partial charge in [0.05, 0.1) is 12.5 Å². The van der Waals surface area contributed by atoms with Crippen LogP contribution in [0.2, 0.25) is 0 Å². The number of nitrogens with two attached hydrogens (primary N) is 1. The molecule has 0 saturated carbocycles. The Labute approximate surface area is 145 Å². The quantitative estimate of drug-likeness (QED) is 0.875. The molecule has 130 valence electrons. The van der Waals surface area contributed by atoms with Crippen LogP contribution >= 0.6 is 0 Å². The van der Waals surface area contributed by atoms with Crippen molar-refractivity contribution in [2.24, 2.45) is 17.8 Å². The average molecular weight is 340 g/mol. The number of amides is 2. The number of anilines is 1. The van der Waals surface area contributed by atoms with E-state index < -0.39 is 0 Å². The van der Waals surface area contributed by atoms with E-state index in [9.17, 15) is 9.59 Å². The number of carbonyl (C=O) groups is 2. The van der Waals surface area contributed by atoms with Crippen LogP contribution in [0, 0.1) is 6.92 Å². The van der Waals surface area contributed by atoms with Crippen molar-refractivity contribution >= 4 is 23.5 Å². The Morgan fingerprint density at radius 3 is 2.72 bits per heavy atom. The number of benzene rings is 1. The molecule has 2 amide bonds. The number of hydrogen-bond donors (Lipinski definition) is 2. The fraction of sp³-hybridized carbons (Fsp3) is 0.294. The van der Waals surface area contributed by atoms with E-state index in [4.69, 9.17) is 5.73 Å². The predicted molar refractivity (Wildman–Crippen MR) is 94.1 cm³/mol. The number of aromatic nitrogens is 2. The van der Waals surface area contributed by atoms with Gasteiger partial charge in [-0.25, -0.2) is 4.99 Å². The second-order valence-corrected chi connectivity index (χ2v) is 6.03. The smallest absolute Gasteiger partial charge is 0.276 e. The van der Waals surface area contributed by atoms with Crippen molar-refractivity contribution in [3.63, 3.8) is 0 Å². The van der Waals surface area contributed by atoms with Crippen molar-refractivity contribution in [3.05, 3.63) is 47.3 Å². The summed E-state index contributed by atoms with van der Waals surface area (Å²) in [5, 5.41) is 6.98. The molecule has 1 aliphatic heterocycles. The Kier molecular flexibility index (Phi) is 4.26. The number of guanidine groups is 1. The summed E-state index contributed by atoms with van der Waals surface area (Å²) in [7, 11) is 3.38. The van der Waals surface area contributed by atoms with E-state index in [0.29, 0.717) is 11.4 Å². The van der Waals surface area contributed by atoms with Crippen LogP contribution in [0.4, 0.5) is 5.69 Å². The van der Waals surface area contributed by atoms with E-state index >= 15 is 0 Å². The minimum Gasteiger partial charge on any atom is -0.369 e. The molecule has 0 radical (unpaired) electrons. The molecule has 0 bridgehead atoms. The molecule has 1 aliphatic rings. The van der Waals surface area contributed by atoms with Crippen molar-refractivity contribution in [1.82, 2.24) is 14.7 Å². The lowest BCUT2D eigenvalue weighted by Gasteiger charge is -2.25. The van der Waals surface area contributed by atoms with Gasteiger partial charge in [0.2, 0.25) is 5.91 Å². The summed E-state index contributed by atoms with van der Waals surface area (Å²) in [6.45, 7) is 1.88. The summed E-state index contributed by atoms with van der Waals surface area (Å²) >= 11 is 0. The summed E-state index contributed by atoms with van der Waals surface area (Å²) in [6, 6.07) is 8.62. The lowest BCUT2D eigenvalue weighted by Crippen LogP contribution is -2.42. The van der Waals surface area contributed by atoms with Gasteiger partial charge < -0.3 is 11.1 Å². The van der Waals surface area contributed by atoms with Crippen LogP contribution in [0.5, 0.6) is 0 Å². The van der Waals surface area contributed by atoms with E-state index in [1.165, 1.54) is 4.90 Å². The van der Waals surface area contributed by atoms with Crippen LogP contribution in [-0.2, 0) is 11.8 Å². The fourth-order valence-electron chi connectivity index (χ4n) is 2.60. The van der Waals surface area contributed by atoms with Crippen molar-refractivity contribution in [2.75, 3.05) is 12.4 Å². The summed E-state index contributed by atoms with van der Waals surface area (Å²) < 4.78 is 1.65. The van der Waals surface area contributed by atoms with Crippen molar-refractivity contribution in [3.8, 4) is 0 Å². The zero-order chi connectivity index (χ0) is 18.1. The summed E-state index contributed by atoms with van der Waals surface area (Å²) in [5.74, 6) is -0.182. The number of nitrogens with one attached hydrogen (secondary N) is 1. The number of aryl methyl sites for hydroxylation is 2. The Bertz CT molecular complexity index is 850. The van der Waals surface area contributed by atoms with E-state index in [0.717, 1.165) is 11.3 Å². The number of carbonyl (C=O) groups excluding carboxylic acids is 2. The highest BCUT2D eigenvalue weighted by molar-refractivity contribution is 6.03. The second kappa shape index (κ2) is 6.39. The first-order valence-electron chi connectivity index (χ1n) is 7.87. The van der Waals surface area contributed by atoms with Gasteiger partial charge >= 0.3 is 0 Å². The largest absolute Gasteiger partial charge is 0.369 e.